The summed E-state index contributed by atoms with van der Waals surface area (Å²) in [6, 6.07) is -0.401. The van der Waals surface area contributed by atoms with Gasteiger partial charge in [-0.2, -0.15) is 0 Å². The lowest BCUT2D eigenvalue weighted by Crippen LogP contribution is -2.47. The van der Waals surface area contributed by atoms with Crippen molar-refractivity contribution in [3.63, 3.8) is 0 Å². The molecule has 0 aromatic heterocycles. The maximum atomic E-state index is 11.7. The molecular weight excluding hydrogens is 220 g/mol. The van der Waals surface area contributed by atoms with E-state index < -0.39 is 11.9 Å². The second-order valence-corrected chi connectivity index (χ2v) is 4.65. The van der Waals surface area contributed by atoms with E-state index in [4.69, 9.17) is 0 Å². The summed E-state index contributed by atoms with van der Waals surface area (Å²) < 4.78 is 0. The average molecular weight is 242 g/mol. The fourth-order valence-electron chi connectivity index (χ4n) is 2.19. The number of rotatable bonds is 3. The summed E-state index contributed by atoms with van der Waals surface area (Å²) in [5.74, 6) is -1.23. The number of nitrogens with one attached hydrogen (secondary N) is 1. The normalized spacial score (nSPS) is 24.8. The lowest BCUT2D eigenvalue weighted by atomic mass is 9.95. The number of urea groups is 1. The molecule has 0 saturated heterocycles. The molecule has 1 aliphatic carbocycles. The van der Waals surface area contributed by atoms with Gasteiger partial charge in [0.2, 0.25) is 0 Å². The van der Waals surface area contributed by atoms with Crippen molar-refractivity contribution in [1.29, 1.82) is 0 Å². The first-order valence-corrected chi connectivity index (χ1v) is 6.30. The molecule has 2 unspecified atom stereocenters. The van der Waals surface area contributed by atoms with Gasteiger partial charge in [-0.25, -0.2) is 4.79 Å². The topological polar surface area (TPSA) is 69.6 Å². The molecule has 0 heterocycles. The third kappa shape index (κ3) is 3.91. The number of carboxylic acid groups (broad SMARTS) is 1. The molecule has 1 aliphatic rings. The first-order valence-electron chi connectivity index (χ1n) is 6.30. The van der Waals surface area contributed by atoms with Crippen molar-refractivity contribution in [1.82, 2.24) is 10.2 Å². The summed E-state index contributed by atoms with van der Waals surface area (Å²) >= 11 is 0. The average Bonchev–Trinajstić information content (AvgIpc) is 2.53. The molecule has 0 spiro atoms. The molecule has 0 bridgehead atoms. The highest BCUT2D eigenvalue weighted by Crippen LogP contribution is 2.23. The third-order valence-corrected chi connectivity index (χ3v) is 3.46. The van der Waals surface area contributed by atoms with E-state index in [1.807, 2.05) is 6.92 Å². The molecule has 5 heteroatoms. The van der Waals surface area contributed by atoms with Crippen LogP contribution in [0.15, 0.2) is 0 Å². The molecule has 2 N–H and O–H groups in total. The van der Waals surface area contributed by atoms with Gasteiger partial charge >= 0.3 is 12.0 Å². The van der Waals surface area contributed by atoms with Gasteiger partial charge in [-0.1, -0.05) is 19.3 Å². The summed E-state index contributed by atoms with van der Waals surface area (Å²) in [7, 11) is 1.71. The van der Waals surface area contributed by atoms with Crippen LogP contribution in [0, 0.1) is 5.92 Å². The molecule has 98 valence electrons. The number of carbonyl (C=O) groups is 2. The van der Waals surface area contributed by atoms with Crippen molar-refractivity contribution in [3.8, 4) is 0 Å². The third-order valence-electron chi connectivity index (χ3n) is 3.46. The smallest absolute Gasteiger partial charge is 0.317 e. The van der Waals surface area contributed by atoms with Gasteiger partial charge in [0.15, 0.2) is 0 Å². The van der Waals surface area contributed by atoms with E-state index in [1.165, 1.54) is 0 Å². The van der Waals surface area contributed by atoms with Crippen LogP contribution < -0.4 is 5.32 Å². The zero-order valence-corrected chi connectivity index (χ0v) is 10.6. The van der Waals surface area contributed by atoms with Crippen LogP contribution in [0.5, 0.6) is 0 Å². The molecule has 1 fully saturated rings. The number of hydrogen-bond donors (Lipinski definition) is 2. The first kappa shape index (κ1) is 13.8. The van der Waals surface area contributed by atoms with Crippen molar-refractivity contribution in [2.75, 3.05) is 13.6 Å². The number of nitrogens with zero attached hydrogens (tertiary/aromatic N) is 1. The van der Waals surface area contributed by atoms with Crippen LogP contribution in [-0.4, -0.2) is 41.6 Å². The van der Waals surface area contributed by atoms with E-state index in [0.717, 1.165) is 25.7 Å². The van der Waals surface area contributed by atoms with Crippen LogP contribution in [0.1, 0.15) is 39.0 Å². The van der Waals surface area contributed by atoms with E-state index in [0.29, 0.717) is 13.0 Å². The second-order valence-electron chi connectivity index (χ2n) is 4.65. The van der Waals surface area contributed by atoms with Crippen molar-refractivity contribution in [2.45, 2.75) is 45.1 Å². The Balaban J connectivity index is 2.63. The van der Waals surface area contributed by atoms with E-state index in [1.54, 1.807) is 11.9 Å². The van der Waals surface area contributed by atoms with Crippen LogP contribution in [0.2, 0.25) is 0 Å². The lowest BCUT2D eigenvalue weighted by molar-refractivity contribution is -0.142. The van der Waals surface area contributed by atoms with Gasteiger partial charge in [0.05, 0.1) is 5.92 Å². The molecule has 2 atom stereocenters. The zero-order chi connectivity index (χ0) is 12.8. The highest BCUT2D eigenvalue weighted by molar-refractivity contribution is 5.76. The van der Waals surface area contributed by atoms with Gasteiger partial charge in [0.1, 0.15) is 0 Å². The fraction of sp³-hybridized carbons (Fsp3) is 0.833. The molecular formula is C12H22N2O3. The Kier molecular flexibility index (Phi) is 5.25. The summed E-state index contributed by atoms with van der Waals surface area (Å²) in [5, 5.41) is 12.0. The Morgan fingerprint density at radius 2 is 1.94 bits per heavy atom. The predicted octanol–water partition coefficient (Wildman–Crippen LogP) is 1.68. The van der Waals surface area contributed by atoms with E-state index in [2.05, 4.69) is 5.32 Å². The second kappa shape index (κ2) is 6.47. The van der Waals surface area contributed by atoms with Gasteiger partial charge in [-0.15, -0.1) is 0 Å². The molecule has 17 heavy (non-hydrogen) atoms. The maximum absolute atomic E-state index is 11.7. The zero-order valence-electron chi connectivity index (χ0n) is 10.6. The molecule has 0 radical (unpaired) electrons. The minimum atomic E-state index is -0.795. The monoisotopic (exact) mass is 242 g/mol. The minimum Gasteiger partial charge on any atom is -0.481 e. The maximum Gasteiger partial charge on any atom is 0.317 e. The van der Waals surface area contributed by atoms with E-state index in [-0.39, 0.29) is 12.1 Å². The van der Waals surface area contributed by atoms with Gasteiger partial charge in [-0.3, -0.25) is 4.79 Å². The van der Waals surface area contributed by atoms with Crippen molar-refractivity contribution < 1.29 is 14.7 Å². The van der Waals surface area contributed by atoms with Crippen molar-refractivity contribution in [3.05, 3.63) is 0 Å². The SMILES string of the molecule is CCN(C)C(=O)NC1CCCCCC1C(=O)O. The van der Waals surface area contributed by atoms with Crippen molar-refractivity contribution >= 4 is 12.0 Å². The largest absolute Gasteiger partial charge is 0.481 e. The minimum absolute atomic E-state index is 0.175. The van der Waals surface area contributed by atoms with Crippen LogP contribution in [0.3, 0.4) is 0 Å². The Labute approximate surface area is 102 Å². The number of hydrogen-bond acceptors (Lipinski definition) is 2. The number of amides is 2. The summed E-state index contributed by atoms with van der Waals surface area (Å²) in [6.45, 7) is 2.51. The number of carboxylic acids is 1. The molecule has 0 aromatic carbocycles. The fourth-order valence-corrected chi connectivity index (χ4v) is 2.19. The van der Waals surface area contributed by atoms with Gasteiger partial charge < -0.3 is 15.3 Å². The molecule has 2 amide bonds. The summed E-state index contributed by atoms with van der Waals surface area (Å²) in [5.41, 5.74) is 0. The van der Waals surface area contributed by atoms with Gasteiger partial charge in [0.25, 0.3) is 0 Å². The molecule has 0 aromatic rings. The molecule has 1 saturated carbocycles. The van der Waals surface area contributed by atoms with E-state index >= 15 is 0 Å². The van der Waals surface area contributed by atoms with Gasteiger partial charge in [-0.05, 0) is 19.8 Å². The number of carbonyl (C=O) groups excluding carboxylic acids is 1. The molecule has 1 rings (SSSR count). The van der Waals surface area contributed by atoms with Crippen LogP contribution >= 0.6 is 0 Å². The Morgan fingerprint density at radius 3 is 2.53 bits per heavy atom. The van der Waals surface area contributed by atoms with Crippen LogP contribution in [0.25, 0.3) is 0 Å². The first-order chi connectivity index (χ1) is 8.06. The Bertz CT molecular complexity index is 281. The Morgan fingerprint density at radius 1 is 1.29 bits per heavy atom. The summed E-state index contributed by atoms with van der Waals surface area (Å²) in [6.07, 6.45) is 4.41. The highest BCUT2D eigenvalue weighted by atomic mass is 16.4. The molecule has 5 nitrogen and oxygen atoms in total. The predicted molar refractivity (Wildman–Crippen MR) is 64.8 cm³/mol. The van der Waals surface area contributed by atoms with Gasteiger partial charge in [0, 0.05) is 19.6 Å². The van der Waals surface area contributed by atoms with E-state index in [9.17, 15) is 14.7 Å². The van der Waals surface area contributed by atoms with Crippen LogP contribution in [-0.2, 0) is 4.79 Å². The van der Waals surface area contributed by atoms with Crippen LogP contribution in [0.4, 0.5) is 4.79 Å². The Hall–Kier alpha value is -1.26. The quantitative estimate of drug-likeness (QED) is 0.740. The number of aliphatic carboxylic acids is 1. The lowest BCUT2D eigenvalue weighted by Gasteiger charge is -2.25. The summed E-state index contributed by atoms with van der Waals surface area (Å²) in [4.78, 5) is 24.5. The highest BCUT2D eigenvalue weighted by Gasteiger charge is 2.30. The van der Waals surface area contributed by atoms with Crippen molar-refractivity contribution in [2.24, 2.45) is 5.92 Å². The standard InChI is InChI=1S/C12H22N2O3/c1-3-14(2)12(17)13-10-8-6-4-5-7-9(10)11(15)16/h9-10H,3-8H2,1-2H3,(H,13,17)(H,15,16). The molecule has 0 aliphatic heterocycles.